The van der Waals surface area contributed by atoms with Crippen molar-refractivity contribution in [2.75, 3.05) is 11.0 Å². The van der Waals surface area contributed by atoms with Crippen LogP contribution in [0.3, 0.4) is 0 Å². The standard InChI is InChI=1S/C10H16N2O2S.ClH/c1-7-6-9(8(2)11)4-5-10(7)12-15(3,13)14;/h4-6,8,12H,11H2,1-3H3;1H/t8-;/m0./s1. The Hall–Kier alpha value is -0.780. The van der Waals surface area contributed by atoms with Gasteiger partial charge < -0.3 is 5.73 Å². The van der Waals surface area contributed by atoms with Gasteiger partial charge in [0.05, 0.1) is 11.9 Å². The average molecular weight is 265 g/mol. The lowest BCUT2D eigenvalue weighted by atomic mass is 10.1. The summed E-state index contributed by atoms with van der Waals surface area (Å²) in [7, 11) is -3.21. The van der Waals surface area contributed by atoms with Crippen molar-refractivity contribution in [2.45, 2.75) is 19.9 Å². The van der Waals surface area contributed by atoms with Crippen molar-refractivity contribution in [3.8, 4) is 0 Å². The maximum absolute atomic E-state index is 11.0. The number of aryl methyl sites for hydroxylation is 1. The minimum Gasteiger partial charge on any atom is -0.324 e. The molecule has 0 radical (unpaired) electrons. The van der Waals surface area contributed by atoms with Crippen LogP contribution in [-0.2, 0) is 10.0 Å². The van der Waals surface area contributed by atoms with Gasteiger partial charge in [-0.1, -0.05) is 12.1 Å². The molecule has 1 rings (SSSR count). The van der Waals surface area contributed by atoms with Gasteiger partial charge in [-0.3, -0.25) is 4.72 Å². The first-order valence-corrected chi connectivity index (χ1v) is 6.52. The third kappa shape index (κ3) is 4.38. The molecule has 6 heteroatoms. The fraction of sp³-hybridized carbons (Fsp3) is 0.400. The van der Waals surface area contributed by atoms with E-state index >= 15 is 0 Å². The van der Waals surface area contributed by atoms with Gasteiger partial charge in [-0.2, -0.15) is 0 Å². The highest BCUT2D eigenvalue weighted by molar-refractivity contribution is 7.92. The van der Waals surface area contributed by atoms with Gasteiger partial charge >= 0.3 is 0 Å². The fourth-order valence-electron chi connectivity index (χ4n) is 1.28. The molecule has 0 heterocycles. The topological polar surface area (TPSA) is 72.2 Å². The Morgan fingerprint density at radius 3 is 2.31 bits per heavy atom. The summed E-state index contributed by atoms with van der Waals surface area (Å²) >= 11 is 0. The summed E-state index contributed by atoms with van der Waals surface area (Å²) in [5, 5.41) is 0. The Labute approximate surface area is 103 Å². The van der Waals surface area contributed by atoms with Crippen molar-refractivity contribution < 1.29 is 8.42 Å². The van der Waals surface area contributed by atoms with E-state index in [1.807, 2.05) is 26.0 Å². The molecule has 3 N–H and O–H groups in total. The predicted molar refractivity (Wildman–Crippen MR) is 69.5 cm³/mol. The number of benzene rings is 1. The second-order valence-electron chi connectivity index (χ2n) is 3.74. The molecule has 0 aliphatic heterocycles. The Kier molecular flexibility index (Phi) is 5.25. The predicted octanol–water partition coefficient (Wildman–Crippen LogP) is 1.81. The van der Waals surface area contributed by atoms with Gasteiger partial charge in [0.2, 0.25) is 10.0 Å². The summed E-state index contributed by atoms with van der Waals surface area (Å²) in [5.41, 5.74) is 8.18. The maximum Gasteiger partial charge on any atom is 0.229 e. The van der Waals surface area contributed by atoms with E-state index in [9.17, 15) is 8.42 Å². The van der Waals surface area contributed by atoms with Crippen molar-refractivity contribution >= 4 is 28.1 Å². The van der Waals surface area contributed by atoms with Gasteiger partial charge in [0.15, 0.2) is 0 Å². The lowest BCUT2D eigenvalue weighted by Crippen LogP contribution is -2.11. The largest absolute Gasteiger partial charge is 0.324 e. The van der Waals surface area contributed by atoms with Gasteiger partial charge in [-0.05, 0) is 31.0 Å². The van der Waals surface area contributed by atoms with Crippen LogP contribution in [0.5, 0.6) is 0 Å². The van der Waals surface area contributed by atoms with E-state index in [0.29, 0.717) is 5.69 Å². The number of halogens is 1. The minimum absolute atomic E-state index is 0. The van der Waals surface area contributed by atoms with Gasteiger partial charge in [-0.15, -0.1) is 12.4 Å². The van der Waals surface area contributed by atoms with Crippen LogP contribution in [0.15, 0.2) is 18.2 Å². The fourth-order valence-corrected chi connectivity index (χ4v) is 1.91. The first kappa shape index (κ1) is 15.2. The molecule has 4 nitrogen and oxygen atoms in total. The molecule has 0 spiro atoms. The van der Waals surface area contributed by atoms with Crippen molar-refractivity contribution in [3.63, 3.8) is 0 Å². The van der Waals surface area contributed by atoms with Crippen LogP contribution in [0.2, 0.25) is 0 Å². The lowest BCUT2D eigenvalue weighted by molar-refractivity contribution is 0.607. The number of rotatable bonds is 3. The SMILES string of the molecule is Cc1cc([C@H](C)N)ccc1NS(C)(=O)=O.Cl. The van der Waals surface area contributed by atoms with Crippen LogP contribution in [0.25, 0.3) is 0 Å². The number of sulfonamides is 1. The molecule has 0 aliphatic carbocycles. The number of hydrogen-bond donors (Lipinski definition) is 2. The monoisotopic (exact) mass is 264 g/mol. The molecule has 1 aromatic carbocycles. The lowest BCUT2D eigenvalue weighted by Gasteiger charge is -2.11. The highest BCUT2D eigenvalue weighted by atomic mass is 35.5. The number of nitrogens with one attached hydrogen (secondary N) is 1. The summed E-state index contributed by atoms with van der Waals surface area (Å²) < 4.78 is 24.5. The van der Waals surface area contributed by atoms with E-state index < -0.39 is 10.0 Å². The van der Waals surface area contributed by atoms with Gasteiger partial charge in [0, 0.05) is 6.04 Å². The van der Waals surface area contributed by atoms with Crippen LogP contribution in [0, 0.1) is 6.92 Å². The summed E-state index contributed by atoms with van der Waals surface area (Å²) in [6.45, 7) is 3.73. The molecule has 1 aromatic rings. The Bertz CT molecular complexity index is 458. The average Bonchev–Trinajstić information content (AvgIpc) is 2.05. The molecular weight excluding hydrogens is 248 g/mol. The van der Waals surface area contributed by atoms with E-state index in [0.717, 1.165) is 17.4 Å². The second-order valence-corrected chi connectivity index (χ2v) is 5.49. The molecule has 0 fully saturated rings. The molecule has 0 aromatic heterocycles. The molecule has 1 atom stereocenters. The summed E-state index contributed by atoms with van der Waals surface area (Å²) in [5.74, 6) is 0. The third-order valence-corrected chi connectivity index (χ3v) is 2.66. The third-order valence-electron chi connectivity index (χ3n) is 2.07. The first-order valence-electron chi connectivity index (χ1n) is 4.63. The van der Waals surface area contributed by atoms with Crippen LogP contribution in [0.1, 0.15) is 24.1 Å². The zero-order valence-electron chi connectivity index (χ0n) is 9.52. The molecular formula is C10H17ClN2O2S. The van der Waals surface area contributed by atoms with E-state index in [2.05, 4.69) is 4.72 Å². The molecule has 0 amide bonds. The highest BCUT2D eigenvalue weighted by Crippen LogP contribution is 2.20. The smallest absolute Gasteiger partial charge is 0.229 e. The Morgan fingerprint density at radius 1 is 1.38 bits per heavy atom. The molecule has 0 bridgehead atoms. The zero-order chi connectivity index (χ0) is 11.6. The normalized spacial score (nSPS) is 12.8. The summed E-state index contributed by atoms with van der Waals surface area (Å²) in [6, 6.07) is 5.40. The van der Waals surface area contributed by atoms with Crippen molar-refractivity contribution in [3.05, 3.63) is 29.3 Å². The molecule has 0 aliphatic rings. The van der Waals surface area contributed by atoms with E-state index in [1.54, 1.807) is 6.07 Å². The molecule has 0 unspecified atom stereocenters. The summed E-state index contributed by atoms with van der Waals surface area (Å²) in [6.07, 6.45) is 1.13. The van der Waals surface area contributed by atoms with Gasteiger partial charge in [0.25, 0.3) is 0 Å². The number of hydrogen-bond acceptors (Lipinski definition) is 3. The number of nitrogens with two attached hydrogens (primary N) is 1. The second kappa shape index (κ2) is 5.52. The van der Waals surface area contributed by atoms with Gasteiger partial charge in [0.1, 0.15) is 0 Å². The van der Waals surface area contributed by atoms with Crippen LogP contribution >= 0.6 is 12.4 Å². The minimum atomic E-state index is -3.21. The zero-order valence-corrected chi connectivity index (χ0v) is 11.2. The molecule has 0 saturated carbocycles. The summed E-state index contributed by atoms with van der Waals surface area (Å²) in [4.78, 5) is 0. The Morgan fingerprint density at radius 2 is 1.94 bits per heavy atom. The highest BCUT2D eigenvalue weighted by Gasteiger charge is 2.06. The molecule has 16 heavy (non-hydrogen) atoms. The Balaban J connectivity index is 0.00000225. The maximum atomic E-state index is 11.0. The van der Waals surface area contributed by atoms with Crippen LogP contribution in [-0.4, -0.2) is 14.7 Å². The van der Waals surface area contributed by atoms with E-state index in [-0.39, 0.29) is 18.4 Å². The van der Waals surface area contributed by atoms with Crippen LogP contribution < -0.4 is 10.5 Å². The molecule has 92 valence electrons. The quantitative estimate of drug-likeness (QED) is 0.875. The number of anilines is 1. The van der Waals surface area contributed by atoms with Crippen molar-refractivity contribution in [1.29, 1.82) is 0 Å². The van der Waals surface area contributed by atoms with Gasteiger partial charge in [-0.25, -0.2) is 8.42 Å². The van der Waals surface area contributed by atoms with E-state index in [1.165, 1.54) is 0 Å². The van der Waals surface area contributed by atoms with Crippen molar-refractivity contribution in [2.24, 2.45) is 5.73 Å². The first-order chi connectivity index (χ1) is 6.79. The van der Waals surface area contributed by atoms with Crippen LogP contribution in [0.4, 0.5) is 5.69 Å². The van der Waals surface area contributed by atoms with E-state index in [4.69, 9.17) is 5.73 Å². The van der Waals surface area contributed by atoms with Crippen molar-refractivity contribution in [1.82, 2.24) is 0 Å². The molecule has 0 saturated heterocycles.